The zero-order chi connectivity index (χ0) is 18.1. The van der Waals surface area contributed by atoms with Gasteiger partial charge in [0.25, 0.3) is 0 Å². The van der Waals surface area contributed by atoms with E-state index in [0.29, 0.717) is 0 Å². The van der Waals surface area contributed by atoms with E-state index in [1.807, 2.05) is 29.7 Å². The van der Waals surface area contributed by atoms with E-state index in [1.54, 1.807) is 6.20 Å². The smallest absolute Gasteiger partial charge is 0.164 e. The van der Waals surface area contributed by atoms with Crippen LogP contribution in [0.25, 0.3) is 21.6 Å². The van der Waals surface area contributed by atoms with Crippen molar-refractivity contribution in [2.75, 3.05) is 25.1 Å². The standard InChI is InChI=1S/C21H22N4OS/c1-4-16-17(5-1)27-21-18(16)20(23-10-6-14-7-11-26-12-8-14)24-19(25-21)15-3-2-9-22-13-15/h2-3,7,9,13H,1,4-6,8,10-12H2,(H,23,24,25). The van der Waals surface area contributed by atoms with Gasteiger partial charge in [-0.1, -0.05) is 11.6 Å². The molecule has 0 spiro atoms. The summed E-state index contributed by atoms with van der Waals surface area (Å²) in [5, 5.41) is 4.85. The minimum Gasteiger partial charge on any atom is -0.377 e. The molecule has 4 heterocycles. The van der Waals surface area contributed by atoms with Crippen molar-refractivity contribution < 1.29 is 4.74 Å². The number of rotatable bonds is 5. The minimum atomic E-state index is 0.746. The lowest BCUT2D eigenvalue weighted by atomic mass is 10.1. The summed E-state index contributed by atoms with van der Waals surface area (Å²) >= 11 is 1.83. The topological polar surface area (TPSA) is 59.9 Å². The summed E-state index contributed by atoms with van der Waals surface area (Å²) < 4.78 is 5.40. The van der Waals surface area contributed by atoms with Crippen molar-refractivity contribution in [1.82, 2.24) is 15.0 Å². The van der Waals surface area contributed by atoms with Gasteiger partial charge in [-0.2, -0.15) is 0 Å². The van der Waals surface area contributed by atoms with Crippen LogP contribution < -0.4 is 5.32 Å². The third kappa shape index (κ3) is 3.35. The average Bonchev–Trinajstić information content (AvgIpc) is 3.30. The second kappa shape index (κ2) is 7.37. The van der Waals surface area contributed by atoms with E-state index >= 15 is 0 Å². The van der Waals surface area contributed by atoms with Gasteiger partial charge < -0.3 is 10.1 Å². The monoisotopic (exact) mass is 378 g/mol. The first kappa shape index (κ1) is 16.8. The lowest BCUT2D eigenvalue weighted by molar-refractivity contribution is 0.153. The van der Waals surface area contributed by atoms with E-state index in [4.69, 9.17) is 14.7 Å². The normalized spacial score (nSPS) is 16.4. The molecule has 0 radical (unpaired) electrons. The van der Waals surface area contributed by atoms with Gasteiger partial charge >= 0.3 is 0 Å². The van der Waals surface area contributed by atoms with Gasteiger partial charge in [-0.05, 0) is 49.8 Å². The van der Waals surface area contributed by atoms with Gasteiger partial charge in [0.1, 0.15) is 10.6 Å². The zero-order valence-corrected chi connectivity index (χ0v) is 16.0. The van der Waals surface area contributed by atoms with Crippen LogP contribution in [0.2, 0.25) is 0 Å². The number of nitrogens with one attached hydrogen (secondary N) is 1. The summed E-state index contributed by atoms with van der Waals surface area (Å²) in [5.74, 6) is 1.73. The molecule has 0 saturated carbocycles. The summed E-state index contributed by atoms with van der Waals surface area (Å²) in [7, 11) is 0. The molecule has 3 aromatic heterocycles. The molecule has 1 aliphatic heterocycles. The average molecular weight is 379 g/mol. The number of nitrogens with zero attached hydrogens (tertiary/aromatic N) is 3. The second-order valence-corrected chi connectivity index (χ2v) is 8.12. The van der Waals surface area contributed by atoms with Crippen molar-refractivity contribution in [2.24, 2.45) is 0 Å². The van der Waals surface area contributed by atoms with Gasteiger partial charge in [0.05, 0.1) is 18.6 Å². The molecule has 1 aliphatic carbocycles. The molecular formula is C21H22N4OS. The number of hydrogen-bond acceptors (Lipinski definition) is 6. The molecule has 27 heavy (non-hydrogen) atoms. The van der Waals surface area contributed by atoms with E-state index in [2.05, 4.69) is 16.4 Å². The maximum atomic E-state index is 5.40. The highest BCUT2D eigenvalue weighted by molar-refractivity contribution is 7.19. The molecule has 0 aromatic carbocycles. The maximum Gasteiger partial charge on any atom is 0.164 e. The predicted molar refractivity (Wildman–Crippen MR) is 109 cm³/mol. The Bertz CT molecular complexity index is 996. The fourth-order valence-corrected chi connectivity index (χ4v) is 5.14. The quantitative estimate of drug-likeness (QED) is 0.667. The van der Waals surface area contributed by atoms with E-state index < -0.39 is 0 Å². The molecule has 5 nitrogen and oxygen atoms in total. The van der Waals surface area contributed by atoms with Crippen molar-refractivity contribution in [3.05, 3.63) is 46.6 Å². The van der Waals surface area contributed by atoms with Crippen LogP contribution in [-0.4, -0.2) is 34.7 Å². The van der Waals surface area contributed by atoms with Crippen molar-refractivity contribution >= 4 is 27.4 Å². The highest BCUT2D eigenvalue weighted by atomic mass is 32.1. The molecule has 138 valence electrons. The van der Waals surface area contributed by atoms with Crippen LogP contribution in [0.5, 0.6) is 0 Å². The first-order chi connectivity index (χ1) is 13.4. The molecule has 0 bridgehead atoms. The van der Waals surface area contributed by atoms with Gasteiger partial charge in [-0.25, -0.2) is 9.97 Å². The zero-order valence-electron chi connectivity index (χ0n) is 15.2. The van der Waals surface area contributed by atoms with Crippen molar-refractivity contribution in [3.8, 4) is 11.4 Å². The second-order valence-electron chi connectivity index (χ2n) is 7.04. The number of aromatic nitrogens is 3. The molecule has 6 heteroatoms. The summed E-state index contributed by atoms with van der Waals surface area (Å²) in [6.45, 7) is 2.47. The number of anilines is 1. The summed E-state index contributed by atoms with van der Waals surface area (Å²) in [5.41, 5.74) is 3.89. The fourth-order valence-electron chi connectivity index (χ4n) is 3.88. The Hall–Kier alpha value is -2.31. The summed E-state index contributed by atoms with van der Waals surface area (Å²) in [4.78, 5) is 16.6. The molecule has 0 amide bonds. The van der Waals surface area contributed by atoms with Crippen LogP contribution in [0.15, 0.2) is 36.2 Å². The van der Waals surface area contributed by atoms with E-state index in [1.165, 1.54) is 34.2 Å². The maximum absolute atomic E-state index is 5.40. The highest BCUT2D eigenvalue weighted by Crippen LogP contribution is 2.40. The summed E-state index contributed by atoms with van der Waals surface area (Å²) in [6, 6.07) is 3.95. The number of ether oxygens (including phenoxy) is 1. The Morgan fingerprint density at radius 1 is 1.19 bits per heavy atom. The van der Waals surface area contributed by atoms with Crippen molar-refractivity contribution in [3.63, 3.8) is 0 Å². The lowest BCUT2D eigenvalue weighted by Gasteiger charge is -2.15. The Balaban J connectivity index is 1.49. The number of hydrogen-bond donors (Lipinski definition) is 1. The molecule has 2 aliphatic rings. The van der Waals surface area contributed by atoms with Crippen LogP contribution in [0.1, 0.15) is 29.7 Å². The number of pyridine rings is 1. The van der Waals surface area contributed by atoms with E-state index in [0.717, 1.165) is 61.1 Å². The van der Waals surface area contributed by atoms with Gasteiger partial charge in [-0.3, -0.25) is 4.98 Å². The third-order valence-corrected chi connectivity index (χ3v) is 6.47. The van der Waals surface area contributed by atoms with Gasteiger partial charge in [0.2, 0.25) is 0 Å². The SMILES string of the molecule is C1=C(CCNc2nc(-c3cccnc3)nc3sc4c(c23)CCC4)CCOC1. The highest BCUT2D eigenvalue weighted by Gasteiger charge is 2.22. The van der Waals surface area contributed by atoms with Crippen LogP contribution in [0.4, 0.5) is 5.82 Å². The molecule has 1 N–H and O–H groups in total. The Kier molecular flexibility index (Phi) is 4.59. The van der Waals surface area contributed by atoms with E-state index in [9.17, 15) is 0 Å². The van der Waals surface area contributed by atoms with Crippen molar-refractivity contribution in [2.45, 2.75) is 32.1 Å². The molecule has 0 saturated heterocycles. The molecular weight excluding hydrogens is 356 g/mol. The molecule has 0 atom stereocenters. The van der Waals surface area contributed by atoms with Crippen LogP contribution in [0, 0.1) is 0 Å². The summed E-state index contributed by atoms with van der Waals surface area (Å²) in [6.07, 6.45) is 11.4. The number of aryl methyl sites for hydroxylation is 2. The van der Waals surface area contributed by atoms with Crippen molar-refractivity contribution in [1.29, 1.82) is 0 Å². The Morgan fingerprint density at radius 3 is 3.04 bits per heavy atom. The molecule has 5 rings (SSSR count). The number of thiophene rings is 1. The molecule has 3 aromatic rings. The van der Waals surface area contributed by atoms with Crippen LogP contribution in [0.3, 0.4) is 0 Å². The van der Waals surface area contributed by atoms with Crippen LogP contribution >= 0.6 is 11.3 Å². The molecule has 0 unspecified atom stereocenters. The first-order valence-electron chi connectivity index (χ1n) is 9.61. The molecule has 0 fully saturated rings. The minimum absolute atomic E-state index is 0.746. The van der Waals surface area contributed by atoms with Gasteiger partial charge in [0, 0.05) is 29.4 Å². The Labute approximate surface area is 162 Å². The predicted octanol–water partition coefficient (Wildman–Crippen LogP) is 4.39. The van der Waals surface area contributed by atoms with E-state index in [-0.39, 0.29) is 0 Å². The number of fused-ring (bicyclic) bond motifs is 3. The van der Waals surface area contributed by atoms with Gasteiger partial charge in [0.15, 0.2) is 5.82 Å². The fraction of sp³-hybridized carbons (Fsp3) is 0.381. The third-order valence-electron chi connectivity index (χ3n) is 5.28. The van der Waals surface area contributed by atoms with Crippen LogP contribution in [-0.2, 0) is 17.6 Å². The largest absolute Gasteiger partial charge is 0.377 e. The van der Waals surface area contributed by atoms with Gasteiger partial charge in [-0.15, -0.1) is 11.3 Å². The first-order valence-corrected chi connectivity index (χ1v) is 10.4. The lowest BCUT2D eigenvalue weighted by Crippen LogP contribution is -2.10. The Morgan fingerprint density at radius 2 is 2.19 bits per heavy atom.